The molecule has 0 amide bonds. The van der Waals surface area contributed by atoms with Crippen molar-refractivity contribution in [2.75, 3.05) is 18.9 Å². The van der Waals surface area contributed by atoms with Gasteiger partial charge in [-0.1, -0.05) is 53.2 Å². The van der Waals surface area contributed by atoms with E-state index in [1.165, 1.54) is 44.9 Å². The van der Waals surface area contributed by atoms with Gasteiger partial charge in [-0.15, -0.1) is 0 Å². The molecule has 5 rings (SSSR count). The average Bonchev–Trinajstić information content (AvgIpc) is 3.42. The summed E-state index contributed by atoms with van der Waals surface area (Å²) >= 11 is 6.52. The molecule has 2 aromatic heterocycles. The number of aromatic nitrogens is 2. The van der Waals surface area contributed by atoms with Crippen molar-refractivity contribution in [3.63, 3.8) is 0 Å². The van der Waals surface area contributed by atoms with Gasteiger partial charge in [0, 0.05) is 23.2 Å². The molecule has 8 nitrogen and oxygen atoms in total. The van der Waals surface area contributed by atoms with Gasteiger partial charge < -0.3 is 14.0 Å². The number of nitrogens with zero attached hydrogens (tertiary/aromatic N) is 2. The second kappa shape index (κ2) is 9.72. The molecule has 1 N–H and O–H groups in total. The van der Waals surface area contributed by atoms with E-state index in [1.807, 2.05) is 30.3 Å². The normalized spacial score (nSPS) is 11.5. The van der Waals surface area contributed by atoms with Crippen molar-refractivity contribution in [3.8, 4) is 33.9 Å². The molecule has 37 heavy (non-hydrogen) atoms. The minimum absolute atomic E-state index is 0.0357. The zero-order valence-corrected chi connectivity index (χ0v) is 21.1. The standard InChI is InChI=1S/C26H19ClFN3O5S/c1-34-20-13-19(15-6-4-3-5-7-15)24(27)25(28)23(20)22-18-9-8-17(12-16(18)14-29-26(22)35-2)37(32,33)31-21-10-11-36-30-21/h3-14H,1-2H3,(H,30,31). The van der Waals surface area contributed by atoms with E-state index in [1.54, 1.807) is 12.1 Å². The number of anilines is 1. The molecular weight excluding hydrogens is 521 g/mol. The van der Waals surface area contributed by atoms with E-state index < -0.39 is 15.8 Å². The fraction of sp³-hybridized carbons (Fsp3) is 0.0769. The van der Waals surface area contributed by atoms with Gasteiger partial charge in [0.2, 0.25) is 5.88 Å². The first-order chi connectivity index (χ1) is 17.8. The third kappa shape index (κ3) is 4.45. The summed E-state index contributed by atoms with van der Waals surface area (Å²) in [4.78, 5) is 4.25. The molecule has 0 aliphatic rings. The first-order valence-electron chi connectivity index (χ1n) is 10.9. The van der Waals surface area contributed by atoms with Crippen LogP contribution in [0.15, 0.2) is 82.5 Å². The number of fused-ring (bicyclic) bond motifs is 1. The summed E-state index contributed by atoms with van der Waals surface area (Å²) in [7, 11) is -1.15. The minimum atomic E-state index is -3.98. The van der Waals surface area contributed by atoms with Gasteiger partial charge in [-0.2, -0.15) is 0 Å². The molecule has 11 heteroatoms. The monoisotopic (exact) mass is 539 g/mol. The maximum Gasteiger partial charge on any atom is 0.263 e. The molecule has 0 atom stereocenters. The summed E-state index contributed by atoms with van der Waals surface area (Å²) in [6.07, 6.45) is 2.69. The number of sulfonamides is 1. The van der Waals surface area contributed by atoms with Gasteiger partial charge in [0.05, 0.1) is 35.3 Å². The predicted octanol–water partition coefficient (Wildman–Crippen LogP) is 6.17. The number of rotatable bonds is 7. The first-order valence-corrected chi connectivity index (χ1v) is 12.7. The van der Waals surface area contributed by atoms with Crippen LogP contribution in [0.3, 0.4) is 0 Å². The maximum absolute atomic E-state index is 16.0. The molecule has 0 spiro atoms. The Balaban J connectivity index is 1.71. The lowest BCUT2D eigenvalue weighted by molar-refractivity contribution is 0.397. The lowest BCUT2D eigenvalue weighted by Crippen LogP contribution is -2.13. The summed E-state index contributed by atoms with van der Waals surface area (Å²) < 4.78 is 59.7. The number of hydrogen-bond donors (Lipinski definition) is 1. The molecule has 0 aliphatic heterocycles. The van der Waals surface area contributed by atoms with Crippen LogP contribution in [0.4, 0.5) is 10.2 Å². The summed E-state index contributed by atoms with van der Waals surface area (Å²) in [6, 6.07) is 16.5. The lowest BCUT2D eigenvalue weighted by Gasteiger charge is -2.18. The summed E-state index contributed by atoms with van der Waals surface area (Å²) in [5.41, 5.74) is 1.48. The molecule has 188 valence electrons. The average molecular weight is 540 g/mol. The van der Waals surface area contributed by atoms with Crippen LogP contribution < -0.4 is 14.2 Å². The van der Waals surface area contributed by atoms with Crippen LogP contribution in [0.2, 0.25) is 5.02 Å². The highest BCUT2D eigenvalue weighted by Gasteiger charge is 2.26. The molecule has 5 aromatic rings. The molecular formula is C26H19ClFN3O5S. The Kier molecular flexibility index (Phi) is 6.45. The topological polar surface area (TPSA) is 104 Å². The van der Waals surface area contributed by atoms with Crippen LogP contribution in [0, 0.1) is 5.82 Å². The Bertz CT molecular complexity index is 1710. The van der Waals surface area contributed by atoms with Gasteiger partial charge in [-0.3, -0.25) is 4.72 Å². The fourth-order valence-electron chi connectivity index (χ4n) is 4.03. The van der Waals surface area contributed by atoms with Crippen LogP contribution in [0.5, 0.6) is 11.6 Å². The number of ether oxygens (including phenoxy) is 2. The van der Waals surface area contributed by atoms with E-state index in [0.717, 1.165) is 0 Å². The predicted molar refractivity (Wildman–Crippen MR) is 138 cm³/mol. The van der Waals surface area contributed by atoms with Gasteiger partial charge in [0.15, 0.2) is 11.6 Å². The summed E-state index contributed by atoms with van der Waals surface area (Å²) in [5.74, 6) is -0.368. The molecule has 0 saturated carbocycles. The van der Waals surface area contributed by atoms with Crippen molar-refractivity contribution in [3.05, 3.63) is 84.0 Å². The number of hydrogen-bond acceptors (Lipinski definition) is 7. The third-order valence-corrected chi connectivity index (χ3v) is 7.45. The first kappa shape index (κ1) is 24.5. The van der Waals surface area contributed by atoms with Crippen molar-refractivity contribution < 1.29 is 26.8 Å². The van der Waals surface area contributed by atoms with Crippen molar-refractivity contribution in [2.45, 2.75) is 4.90 Å². The van der Waals surface area contributed by atoms with Crippen LogP contribution in [-0.2, 0) is 10.0 Å². The molecule has 0 saturated heterocycles. The number of pyridine rings is 1. The summed E-state index contributed by atoms with van der Waals surface area (Å²) in [5, 5.41) is 4.37. The van der Waals surface area contributed by atoms with Crippen molar-refractivity contribution in [2.24, 2.45) is 0 Å². The largest absolute Gasteiger partial charge is 0.496 e. The van der Waals surface area contributed by atoms with Gasteiger partial charge in [0.1, 0.15) is 12.0 Å². The van der Waals surface area contributed by atoms with E-state index in [2.05, 4.69) is 19.4 Å². The Morgan fingerprint density at radius 1 is 1.00 bits per heavy atom. The van der Waals surface area contributed by atoms with Crippen molar-refractivity contribution in [1.29, 1.82) is 0 Å². The number of benzene rings is 3. The lowest BCUT2D eigenvalue weighted by atomic mass is 9.95. The van der Waals surface area contributed by atoms with E-state index in [4.69, 9.17) is 21.1 Å². The molecule has 0 bridgehead atoms. The van der Waals surface area contributed by atoms with Gasteiger partial charge in [-0.25, -0.2) is 17.8 Å². The molecule has 0 fully saturated rings. The Hall–Kier alpha value is -4.15. The second-order valence-corrected chi connectivity index (χ2v) is 9.94. The van der Waals surface area contributed by atoms with Crippen LogP contribution >= 0.6 is 11.6 Å². The van der Waals surface area contributed by atoms with Crippen LogP contribution in [0.1, 0.15) is 0 Å². The zero-order chi connectivity index (χ0) is 26.2. The van der Waals surface area contributed by atoms with Crippen LogP contribution in [0.25, 0.3) is 33.0 Å². The van der Waals surface area contributed by atoms with E-state index in [0.29, 0.717) is 21.9 Å². The third-order valence-electron chi connectivity index (χ3n) is 5.73. The van der Waals surface area contributed by atoms with Gasteiger partial charge >= 0.3 is 0 Å². The Morgan fingerprint density at radius 3 is 2.46 bits per heavy atom. The van der Waals surface area contributed by atoms with Crippen molar-refractivity contribution in [1.82, 2.24) is 10.1 Å². The van der Waals surface area contributed by atoms with Crippen molar-refractivity contribution >= 4 is 38.2 Å². The number of nitrogens with one attached hydrogen (secondary N) is 1. The number of halogens is 2. The number of methoxy groups -OCH3 is 2. The quantitative estimate of drug-likeness (QED) is 0.264. The minimum Gasteiger partial charge on any atom is -0.496 e. The molecule has 3 aromatic carbocycles. The van der Waals surface area contributed by atoms with Crippen LogP contribution in [-0.4, -0.2) is 32.8 Å². The molecule has 0 aliphatic carbocycles. The van der Waals surface area contributed by atoms with Gasteiger partial charge in [0.25, 0.3) is 10.0 Å². The van der Waals surface area contributed by atoms with E-state index in [-0.39, 0.29) is 38.5 Å². The molecule has 0 unspecified atom stereocenters. The maximum atomic E-state index is 16.0. The Morgan fingerprint density at radius 2 is 1.78 bits per heavy atom. The zero-order valence-electron chi connectivity index (χ0n) is 19.5. The van der Waals surface area contributed by atoms with E-state index in [9.17, 15) is 8.42 Å². The SMILES string of the molecule is COc1cc(-c2ccccc2)c(Cl)c(F)c1-c1c(OC)ncc2cc(S(=O)(=O)Nc3ccon3)ccc12. The second-order valence-electron chi connectivity index (χ2n) is 7.88. The Labute approximate surface area is 216 Å². The summed E-state index contributed by atoms with van der Waals surface area (Å²) in [6.45, 7) is 0. The molecule has 0 radical (unpaired) electrons. The smallest absolute Gasteiger partial charge is 0.263 e. The van der Waals surface area contributed by atoms with Gasteiger partial charge in [-0.05, 0) is 29.1 Å². The van der Waals surface area contributed by atoms with E-state index >= 15 is 4.39 Å². The highest BCUT2D eigenvalue weighted by molar-refractivity contribution is 7.92. The highest BCUT2D eigenvalue weighted by atomic mass is 35.5. The highest BCUT2D eigenvalue weighted by Crippen LogP contribution is 2.47. The fourth-order valence-corrected chi connectivity index (χ4v) is 5.32. The molecule has 2 heterocycles.